The molecule has 0 spiro atoms. The minimum absolute atomic E-state index is 0.190. The van der Waals surface area contributed by atoms with Crippen molar-refractivity contribution < 1.29 is 15.0 Å². The second-order valence-corrected chi connectivity index (χ2v) is 9.46. The summed E-state index contributed by atoms with van der Waals surface area (Å²) < 4.78 is 0. The zero-order valence-electron chi connectivity index (χ0n) is 17.4. The number of nitrogens with zero attached hydrogens (tertiary/aromatic N) is 2. The first-order valence-electron chi connectivity index (χ1n) is 10.8. The van der Waals surface area contributed by atoms with Crippen molar-refractivity contribution in [3.63, 3.8) is 0 Å². The number of aromatic nitrogens is 1. The van der Waals surface area contributed by atoms with Crippen molar-refractivity contribution in [2.24, 2.45) is 11.8 Å². The van der Waals surface area contributed by atoms with Gasteiger partial charge in [-0.25, -0.2) is 4.98 Å². The molecule has 1 aliphatic carbocycles. The van der Waals surface area contributed by atoms with Crippen LogP contribution in [0.25, 0.3) is 10.9 Å². The summed E-state index contributed by atoms with van der Waals surface area (Å²) in [5, 5.41) is 24.2. The van der Waals surface area contributed by atoms with E-state index in [1.165, 1.54) is 0 Å². The lowest BCUT2D eigenvalue weighted by atomic mass is 9.79. The molecule has 0 bridgehead atoms. The van der Waals surface area contributed by atoms with Gasteiger partial charge in [-0.05, 0) is 49.4 Å². The third kappa shape index (κ3) is 4.41. The molecule has 30 heavy (non-hydrogen) atoms. The van der Waals surface area contributed by atoms with Crippen molar-refractivity contribution in [1.82, 2.24) is 10.3 Å². The zero-order valence-corrected chi connectivity index (χ0v) is 18.2. The first kappa shape index (κ1) is 21.3. The number of benzene rings is 1. The minimum Gasteiger partial charge on any atom is -0.396 e. The van der Waals surface area contributed by atoms with Crippen molar-refractivity contribution in [2.45, 2.75) is 44.6 Å². The van der Waals surface area contributed by atoms with E-state index < -0.39 is 5.60 Å². The van der Waals surface area contributed by atoms with Gasteiger partial charge in [0.1, 0.15) is 5.82 Å². The average Bonchev–Trinajstić information content (AvgIpc) is 3.21. The topological polar surface area (TPSA) is 85.7 Å². The number of nitrogens with one attached hydrogen (secondary N) is 1. The van der Waals surface area contributed by atoms with Crippen molar-refractivity contribution in [2.75, 3.05) is 31.1 Å². The highest BCUT2D eigenvalue weighted by atomic mass is 35.5. The monoisotopic (exact) mass is 431 g/mol. The molecule has 2 heterocycles. The molecule has 1 amide bonds. The molecule has 0 radical (unpaired) electrons. The molecule has 6 nitrogen and oxygen atoms in total. The summed E-state index contributed by atoms with van der Waals surface area (Å²) in [5.41, 5.74) is 0.254. The van der Waals surface area contributed by atoms with Crippen LogP contribution in [-0.4, -0.2) is 52.9 Å². The van der Waals surface area contributed by atoms with Crippen molar-refractivity contribution in [3.8, 4) is 0 Å². The van der Waals surface area contributed by atoms with Gasteiger partial charge < -0.3 is 20.4 Å². The Labute approximate surface area is 182 Å². The molecular weight excluding hydrogens is 402 g/mol. The van der Waals surface area contributed by atoms with E-state index in [2.05, 4.69) is 17.1 Å². The number of aliphatic hydroxyl groups is 2. The normalized spacial score (nSPS) is 26.9. The number of carbonyl (C=O) groups is 1. The lowest BCUT2D eigenvalue weighted by molar-refractivity contribution is -0.0109. The Bertz CT molecular complexity index is 937. The molecule has 2 aromatic rings. The third-order valence-electron chi connectivity index (χ3n) is 6.55. The number of carbonyl (C=O) groups excluding carboxylic acids is 1. The van der Waals surface area contributed by atoms with Gasteiger partial charge in [0.2, 0.25) is 0 Å². The summed E-state index contributed by atoms with van der Waals surface area (Å²) in [6, 6.07) is 7.33. The third-order valence-corrected chi connectivity index (χ3v) is 6.86. The number of anilines is 1. The van der Waals surface area contributed by atoms with Gasteiger partial charge in [-0.15, -0.1) is 0 Å². The van der Waals surface area contributed by atoms with Crippen LogP contribution in [-0.2, 0) is 0 Å². The zero-order chi connectivity index (χ0) is 21.3. The molecule has 3 N–H and O–H groups in total. The molecule has 2 aliphatic rings. The second-order valence-electron chi connectivity index (χ2n) is 9.05. The predicted molar refractivity (Wildman–Crippen MR) is 119 cm³/mol. The molecule has 4 rings (SSSR count). The van der Waals surface area contributed by atoms with Crippen LogP contribution in [0.2, 0.25) is 5.02 Å². The Morgan fingerprint density at radius 1 is 1.33 bits per heavy atom. The number of hydrogen-bond acceptors (Lipinski definition) is 5. The summed E-state index contributed by atoms with van der Waals surface area (Å²) >= 11 is 6.39. The van der Waals surface area contributed by atoms with E-state index in [0.29, 0.717) is 40.2 Å². The Morgan fingerprint density at radius 2 is 2.17 bits per heavy atom. The lowest BCUT2D eigenvalue weighted by Gasteiger charge is -2.35. The van der Waals surface area contributed by atoms with Gasteiger partial charge >= 0.3 is 0 Å². The summed E-state index contributed by atoms with van der Waals surface area (Å²) in [6.07, 6.45) is 4.45. The molecule has 0 unspecified atom stereocenters. The first-order valence-corrected chi connectivity index (χ1v) is 11.2. The van der Waals surface area contributed by atoms with Crippen LogP contribution >= 0.6 is 11.6 Å². The van der Waals surface area contributed by atoms with Gasteiger partial charge in [-0.3, -0.25) is 4.79 Å². The summed E-state index contributed by atoms with van der Waals surface area (Å²) in [4.78, 5) is 19.9. The van der Waals surface area contributed by atoms with Gasteiger partial charge in [0.25, 0.3) is 5.91 Å². The van der Waals surface area contributed by atoms with E-state index in [1.54, 1.807) is 6.07 Å². The average molecular weight is 432 g/mol. The molecule has 1 aromatic heterocycles. The second kappa shape index (κ2) is 8.69. The van der Waals surface area contributed by atoms with E-state index in [1.807, 2.05) is 18.2 Å². The van der Waals surface area contributed by atoms with Crippen LogP contribution in [0, 0.1) is 11.8 Å². The molecule has 1 saturated heterocycles. The summed E-state index contributed by atoms with van der Waals surface area (Å²) in [6.45, 7) is 4.20. The van der Waals surface area contributed by atoms with Crippen molar-refractivity contribution >= 4 is 34.2 Å². The molecule has 1 aromatic carbocycles. The lowest BCUT2D eigenvalue weighted by Crippen LogP contribution is -2.45. The maximum Gasteiger partial charge on any atom is 0.253 e. The SMILES string of the molecule is C[C@@H]1CCC[C@](O)(CNC(=O)c2c(Cl)ccc3nc(N4CC[C@H](CO)C4)ccc23)C1. The van der Waals surface area contributed by atoms with Gasteiger partial charge in [0.15, 0.2) is 0 Å². The van der Waals surface area contributed by atoms with Gasteiger partial charge in [-0.2, -0.15) is 0 Å². The fourth-order valence-corrected chi connectivity index (χ4v) is 5.14. The Hall–Kier alpha value is -1.89. The molecule has 1 aliphatic heterocycles. The van der Waals surface area contributed by atoms with E-state index in [4.69, 9.17) is 16.6 Å². The fraction of sp³-hybridized carbons (Fsp3) is 0.565. The number of rotatable bonds is 5. The molecule has 3 atom stereocenters. The van der Waals surface area contributed by atoms with E-state index >= 15 is 0 Å². The predicted octanol–water partition coefficient (Wildman–Crippen LogP) is 3.38. The van der Waals surface area contributed by atoms with Crippen molar-refractivity contribution in [3.05, 3.63) is 34.9 Å². The fourth-order valence-electron chi connectivity index (χ4n) is 4.89. The summed E-state index contributed by atoms with van der Waals surface area (Å²) in [5.74, 6) is 1.30. The Morgan fingerprint density at radius 3 is 2.90 bits per heavy atom. The number of fused-ring (bicyclic) bond motifs is 1. The Balaban J connectivity index is 1.54. The van der Waals surface area contributed by atoms with Gasteiger partial charge in [-0.1, -0.05) is 31.4 Å². The molecule has 1 saturated carbocycles. The minimum atomic E-state index is -0.852. The standard InChI is InChI=1S/C23H30ClN3O3/c1-15-3-2-9-23(30,11-15)14-25-22(29)21-17-4-7-20(26-19(17)6-5-18(21)24)27-10-8-16(12-27)13-28/h4-7,15-16,28,30H,2-3,8-14H2,1H3,(H,25,29)/t15-,16+,23-/m1/s1. The van der Waals surface area contributed by atoms with Crippen LogP contribution < -0.4 is 10.2 Å². The number of aliphatic hydroxyl groups excluding tert-OH is 1. The largest absolute Gasteiger partial charge is 0.396 e. The van der Waals surface area contributed by atoms with Gasteiger partial charge in [0, 0.05) is 37.5 Å². The highest BCUT2D eigenvalue weighted by molar-refractivity contribution is 6.35. The van der Waals surface area contributed by atoms with E-state index in [9.17, 15) is 15.0 Å². The molecule has 162 valence electrons. The quantitative estimate of drug-likeness (QED) is 0.675. The number of pyridine rings is 1. The van der Waals surface area contributed by atoms with E-state index in [-0.39, 0.29) is 25.0 Å². The first-order chi connectivity index (χ1) is 14.4. The maximum absolute atomic E-state index is 13.0. The Kier molecular flexibility index (Phi) is 6.19. The van der Waals surface area contributed by atoms with Crippen LogP contribution in [0.3, 0.4) is 0 Å². The summed E-state index contributed by atoms with van der Waals surface area (Å²) in [7, 11) is 0. The molecule has 2 fully saturated rings. The smallest absolute Gasteiger partial charge is 0.253 e. The van der Waals surface area contributed by atoms with Crippen LogP contribution in [0.1, 0.15) is 49.4 Å². The van der Waals surface area contributed by atoms with Crippen molar-refractivity contribution in [1.29, 1.82) is 0 Å². The highest BCUT2D eigenvalue weighted by Gasteiger charge is 2.33. The van der Waals surface area contributed by atoms with E-state index in [0.717, 1.165) is 38.2 Å². The highest BCUT2D eigenvalue weighted by Crippen LogP contribution is 2.32. The number of amides is 1. The van der Waals surface area contributed by atoms with Crippen LogP contribution in [0.15, 0.2) is 24.3 Å². The van der Waals surface area contributed by atoms with Gasteiger partial charge in [0.05, 0.1) is 21.7 Å². The van der Waals surface area contributed by atoms with Crippen LogP contribution in [0.4, 0.5) is 5.82 Å². The molecular formula is C23H30ClN3O3. The number of halogens is 1. The maximum atomic E-state index is 13.0. The number of hydrogen-bond donors (Lipinski definition) is 3. The van der Waals surface area contributed by atoms with Crippen LogP contribution in [0.5, 0.6) is 0 Å². The molecule has 7 heteroatoms.